The molecule has 3 amide bonds. The van der Waals surface area contributed by atoms with Crippen LogP contribution >= 0.6 is 11.6 Å². The SMILES string of the molecule is CN(C)C(=O)C(=O)N(C)C12CCC(N3CCCC3)(CC1)Cn1c2nc(C(=O)NCc2cccc(Cl)c2F)c(O)c1=O. The first-order valence-electron chi connectivity index (χ1n) is 13.7. The Hall–Kier alpha value is -3.51. The Balaban J connectivity index is 1.59. The number of halogens is 2. The first kappa shape index (κ1) is 29.0. The summed E-state index contributed by atoms with van der Waals surface area (Å²) in [6.45, 7) is 1.74. The zero-order chi connectivity index (χ0) is 29.7. The zero-order valence-electron chi connectivity index (χ0n) is 23.4. The molecule has 4 aliphatic rings. The lowest BCUT2D eigenvalue weighted by Gasteiger charge is -2.49. The second-order valence-electron chi connectivity index (χ2n) is 11.4. The van der Waals surface area contributed by atoms with Crippen LogP contribution < -0.4 is 10.9 Å². The highest BCUT2D eigenvalue weighted by molar-refractivity contribution is 6.34. The smallest absolute Gasteiger partial charge is 0.312 e. The first-order chi connectivity index (χ1) is 19.4. The number of likely N-dealkylation sites (N-methyl/N-ethyl adjacent to an activating group) is 2. The number of benzene rings is 1. The molecule has 0 spiro atoms. The minimum Gasteiger partial charge on any atom is -0.501 e. The maximum Gasteiger partial charge on any atom is 0.312 e. The van der Waals surface area contributed by atoms with Gasteiger partial charge in [-0.3, -0.25) is 28.6 Å². The molecule has 11 nitrogen and oxygen atoms in total. The molecule has 6 rings (SSSR count). The average Bonchev–Trinajstić information content (AvgIpc) is 3.42. The van der Waals surface area contributed by atoms with Crippen LogP contribution in [0.5, 0.6) is 5.75 Å². The Morgan fingerprint density at radius 3 is 2.39 bits per heavy atom. The fraction of sp³-hybridized carbons (Fsp3) is 0.536. The lowest BCUT2D eigenvalue weighted by molar-refractivity contribution is -0.155. The van der Waals surface area contributed by atoms with E-state index in [1.54, 1.807) is 0 Å². The van der Waals surface area contributed by atoms with Crippen LogP contribution in [0.1, 0.15) is 60.4 Å². The van der Waals surface area contributed by atoms with Crippen molar-refractivity contribution in [2.45, 2.75) is 62.7 Å². The number of carbonyl (C=O) groups excluding carboxylic acids is 3. The van der Waals surface area contributed by atoms with Gasteiger partial charge in [0, 0.05) is 45.3 Å². The van der Waals surface area contributed by atoms with Crippen molar-refractivity contribution >= 4 is 29.3 Å². The summed E-state index contributed by atoms with van der Waals surface area (Å²) < 4.78 is 15.8. The predicted octanol–water partition coefficient (Wildman–Crippen LogP) is 1.84. The monoisotopic (exact) mass is 588 g/mol. The van der Waals surface area contributed by atoms with E-state index in [9.17, 15) is 28.7 Å². The topological polar surface area (TPSA) is 128 Å². The molecule has 2 fully saturated rings. The number of likely N-dealkylation sites (tertiary alicyclic amines) is 1. The molecule has 41 heavy (non-hydrogen) atoms. The fourth-order valence-corrected chi connectivity index (χ4v) is 6.77. The highest BCUT2D eigenvalue weighted by atomic mass is 35.5. The Labute approximate surface area is 241 Å². The van der Waals surface area contributed by atoms with E-state index in [-0.39, 0.29) is 35.0 Å². The molecule has 0 unspecified atom stereocenters. The molecule has 1 aliphatic carbocycles. The number of aromatic nitrogens is 2. The van der Waals surface area contributed by atoms with Crippen molar-refractivity contribution < 1.29 is 23.9 Å². The minimum atomic E-state index is -1.16. The van der Waals surface area contributed by atoms with Crippen molar-refractivity contribution in [3.05, 3.63) is 56.5 Å². The summed E-state index contributed by atoms with van der Waals surface area (Å²) in [5, 5.41) is 13.3. The summed E-state index contributed by atoms with van der Waals surface area (Å²) in [5.74, 6) is -3.74. The molecule has 1 saturated heterocycles. The summed E-state index contributed by atoms with van der Waals surface area (Å²) >= 11 is 5.85. The van der Waals surface area contributed by atoms with Crippen molar-refractivity contribution in [2.24, 2.45) is 0 Å². The number of rotatable bonds is 5. The van der Waals surface area contributed by atoms with E-state index in [1.165, 1.54) is 53.7 Å². The molecule has 13 heteroatoms. The van der Waals surface area contributed by atoms with Gasteiger partial charge in [-0.2, -0.15) is 0 Å². The predicted molar refractivity (Wildman–Crippen MR) is 148 cm³/mol. The largest absolute Gasteiger partial charge is 0.501 e. The molecular formula is C28H34ClFN6O5. The number of carbonyl (C=O) groups is 3. The number of amides is 3. The van der Waals surface area contributed by atoms with Crippen LogP contribution in [0.4, 0.5) is 4.39 Å². The van der Waals surface area contributed by atoms with Crippen LogP contribution in [0.15, 0.2) is 23.0 Å². The van der Waals surface area contributed by atoms with E-state index in [2.05, 4.69) is 15.2 Å². The number of aromatic hydroxyl groups is 1. The van der Waals surface area contributed by atoms with Crippen molar-refractivity contribution in [1.82, 2.24) is 29.6 Å². The molecule has 4 heterocycles. The normalized spacial score (nSPS) is 23.5. The standard InChI is InChI=1S/C28H34ClFN6O5/c1-33(2)24(40)25(41)34(3)28-11-9-27(10-12-28,35-13-4-5-14-35)16-36-23(39)21(37)20(32-26(28)36)22(38)31-15-17-7-6-8-18(29)19(17)30/h6-8,37H,4-5,9-16H2,1-3H3,(H,31,38). The van der Waals surface area contributed by atoms with Crippen molar-refractivity contribution in [3.63, 3.8) is 0 Å². The van der Waals surface area contributed by atoms with Gasteiger partial charge in [0.2, 0.25) is 5.75 Å². The molecule has 2 N–H and O–H groups in total. The van der Waals surface area contributed by atoms with E-state index in [0.717, 1.165) is 25.9 Å². The Morgan fingerprint density at radius 1 is 1.10 bits per heavy atom. The lowest BCUT2D eigenvalue weighted by Crippen LogP contribution is -2.57. The van der Waals surface area contributed by atoms with Crippen molar-refractivity contribution in [1.29, 1.82) is 0 Å². The maximum atomic E-state index is 14.4. The molecular weight excluding hydrogens is 555 g/mol. The molecule has 0 radical (unpaired) electrons. The summed E-state index contributed by atoms with van der Waals surface area (Å²) in [4.78, 5) is 62.5. The van der Waals surface area contributed by atoms with Gasteiger partial charge in [0.25, 0.3) is 11.5 Å². The molecule has 1 aromatic heterocycles. The van der Waals surface area contributed by atoms with Crippen LogP contribution in [0.3, 0.4) is 0 Å². The van der Waals surface area contributed by atoms with E-state index >= 15 is 0 Å². The molecule has 220 valence electrons. The number of hydrogen-bond donors (Lipinski definition) is 2. The average molecular weight is 589 g/mol. The van der Waals surface area contributed by atoms with Gasteiger partial charge in [-0.25, -0.2) is 9.37 Å². The number of nitrogens with zero attached hydrogens (tertiary/aromatic N) is 5. The summed E-state index contributed by atoms with van der Waals surface area (Å²) in [6, 6.07) is 4.37. The molecule has 1 aromatic carbocycles. The third-order valence-electron chi connectivity index (χ3n) is 9.02. The second-order valence-corrected chi connectivity index (χ2v) is 11.8. The van der Waals surface area contributed by atoms with E-state index in [1.807, 2.05) is 0 Å². The minimum absolute atomic E-state index is 0.106. The second kappa shape index (κ2) is 10.7. The number of fused-ring (bicyclic) bond motifs is 2. The molecule has 3 aliphatic heterocycles. The van der Waals surface area contributed by atoms with Crippen LogP contribution in [-0.4, -0.2) is 86.9 Å². The van der Waals surface area contributed by atoms with Gasteiger partial charge in [0.15, 0.2) is 5.69 Å². The van der Waals surface area contributed by atoms with Crippen LogP contribution in [-0.2, 0) is 28.2 Å². The van der Waals surface area contributed by atoms with Crippen molar-refractivity contribution in [3.8, 4) is 5.75 Å². The number of nitrogens with one attached hydrogen (secondary N) is 1. The third kappa shape index (κ3) is 4.76. The van der Waals surface area contributed by atoms with Crippen molar-refractivity contribution in [2.75, 3.05) is 34.2 Å². The summed E-state index contributed by atoms with van der Waals surface area (Å²) in [7, 11) is 4.49. The van der Waals surface area contributed by atoms with Gasteiger partial charge in [-0.15, -0.1) is 0 Å². The molecule has 1 saturated carbocycles. The van der Waals surface area contributed by atoms with E-state index in [0.29, 0.717) is 25.7 Å². The van der Waals surface area contributed by atoms with Crippen LogP contribution in [0.2, 0.25) is 5.02 Å². The Morgan fingerprint density at radius 2 is 1.76 bits per heavy atom. The zero-order valence-corrected chi connectivity index (χ0v) is 24.1. The third-order valence-corrected chi connectivity index (χ3v) is 9.31. The summed E-state index contributed by atoms with van der Waals surface area (Å²) in [5.41, 5.74) is -2.75. The fourth-order valence-electron chi connectivity index (χ4n) is 6.58. The van der Waals surface area contributed by atoms with Gasteiger partial charge in [0.05, 0.1) is 5.02 Å². The van der Waals surface area contributed by atoms with Gasteiger partial charge in [-0.1, -0.05) is 23.7 Å². The lowest BCUT2D eigenvalue weighted by atomic mass is 9.71. The highest BCUT2D eigenvalue weighted by Crippen LogP contribution is 2.51. The van der Waals surface area contributed by atoms with Gasteiger partial charge in [0.1, 0.15) is 17.2 Å². The first-order valence-corrected chi connectivity index (χ1v) is 14.1. The van der Waals surface area contributed by atoms with Gasteiger partial charge in [-0.05, 0) is 57.7 Å². The highest BCUT2D eigenvalue weighted by Gasteiger charge is 2.56. The Bertz CT molecular complexity index is 1460. The van der Waals surface area contributed by atoms with Crippen LogP contribution in [0, 0.1) is 5.82 Å². The molecule has 2 aromatic rings. The van der Waals surface area contributed by atoms with E-state index < -0.39 is 46.1 Å². The van der Waals surface area contributed by atoms with Gasteiger partial charge < -0.3 is 20.2 Å². The number of hydrogen-bond acceptors (Lipinski definition) is 7. The van der Waals surface area contributed by atoms with Gasteiger partial charge >= 0.3 is 11.8 Å². The van der Waals surface area contributed by atoms with Crippen LogP contribution in [0.25, 0.3) is 0 Å². The Kier molecular flexibility index (Phi) is 7.58. The van der Waals surface area contributed by atoms with E-state index in [4.69, 9.17) is 11.6 Å². The maximum absolute atomic E-state index is 14.4. The molecule has 0 atom stereocenters. The quantitative estimate of drug-likeness (QED) is 0.510. The molecule has 2 bridgehead atoms. The summed E-state index contributed by atoms with van der Waals surface area (Å²) in [6.07, 6.45) is 4.19.